The SMILES string of the molecule is Cc1cccc(CNc2ccccc2CN(C)C)c1C. The quantitative estimate of drug-likeness (QED) is 0.882. The molecular formula is C18H24N2. The van der Waals surface area contributed by atoms with Crippen LogP contribution in [0.5, 0.6) is 0 Å². The van der Waals surface area contributed by atoms with Crippen LogP contribution >= 0.6 is 0 Å². The Hall–Kier alpha value is -1.80. The molecule has 0 radical (unpaired) electrons. The van der Waals surface area contributed by atoms with Crippen LogP contribution in [0.15, 0.2) is 42.5 Å². The van der Waals surface area contributed by atoms with E-state index in [0.29, 0.717) is 0 Å². The molecule has 0 aliphatic rings. The summed E-state index contributed by atoms with van der Waals surface area (Å²) in [5.74, 6) is 0. The van der Waals surface area contributed by atoms with Gasteiger partial charge in [0.1, 0.15) is 0 Å². The van der Waals surface area contributed by atoms with Crippen molar-refractivity contribution in [2.75, 3.05) is 19.4 Å². The average molecular weight is 268 g/mol. The van der Waals surface area contributed by atoms with Crippen LogP contribution in [0.2, 0.25) is 0 Å². The van der Waals surface area contributed by atoms with Gasteiger partial charge in [-0.2, -0.15) is 0 Å². The summed E-state index contributed by atoms with van der Waals surface area (Å²) in [5, 5.41) is 3.58. The smallest absolute Gasteiger partial charge is 0.0403 e. The van der Waals surface area contributed by atoms with E-state index in [0.717, 1.165) is 13.1 Å². The molecule has 2 heteroatoms. The van der Waals surface area contributed by atoms with E-state index in [1.165, 1.54) is 27.9 Å². The van der Waals surface area contributed by atoms with Crippen LogP contribution in [-0.2, 0) is 13.1 Å². The molecule has 0 heterocycles. The Balaban J connectivity index is 2.13. The van der Waals surface area contributed by atoms with Gasteiger partial charge in [-0.1, -0.05) is 36.4 Å². The number of hydrogen-bond donors (Lipinski definition) is 1. The normalized spacial score (nSPS) is 10.8. The van der Waals surface area contributed by atoms with E-state index in [-0.39, 0.29) is 0 Å². The van der Waals surface area contributed by atoms with E-state index >= 15 is 0 Å². The van der Waals surface area contributed by atoms with Gasteiger partial charge in [-0.05, 0) is 56.3 Å². The number of para-hydroxylation sites is 1. The van der Waals surface area contributed by atoms with Gasteiger partial charge in [-0.15, -0.1) is 0 Å². The molecule has 0 spiro atoms. The lowest BCUT2D eigenvalue weighted by molar-refractivity contribution is 0.403. The molecular weight excluding hydrogens is 244 g/mol. The Morgan fingerprint density at radius 3 is 2.35 bits per heavy atom. The van der Waals surface area contributed by atoms with Crippen LogP contribution in [0, 0.1) is 13.8 Å². The maximum Gasteiger partial charge on any atom is 0.0403 e. The lowest BCUT2D eigenvalue weighted by atomic mass is 10.0. The standard InChI is InChI=1S/C18H24N2/c1-14-8-7-10-16(15(14)2)12-19-18-11-6-5-9-17(18)13-20(3)4/h5-11,19H,12-13H2,1-4H3. The predicted octanol–water partition coefficient (Wildman–Crippen LogP) is 3.98. The maximum atomic E-state index is 3.58. The van der Waals surface area contributed by atoms with E-state index in [1.807, 2.05) is 0 Å². The van der Waals surface area contributed by atoms with Crippen LogP contribution in [0.1, 0.15) is 22.3 Å². The van der Waals surface area contributed by atoms with E-state index in [2.05, 4.69) is 80.6 Å². The number of aryl methyl sites for hydroxylation is 1. The zero-order valence-electron chi connectivity index (χ0n) is 12.9. The van der Waals surface area contributed by atoms with Crippen molar-refractivity contribution in [1.82, 2.24) is 4.90 Å². The molecule has 0 unspecified atom stereocenters. The summed E-state index contributed by atoms with van der Waals surface area (Å²) in [4.78, 5) is 2.19. The average Bonchev–Trinajstić information content (AvgIpc) is 2.41. The van der Waals surface area contributed by atoms with Crippen LogP contribution in [0.4, 0.5) is 5.69 Å². The number of nitrogens with one attached hydrogen (secondary N) is 1. The van der Waals surface area contributed by atoms with Gasteiger partial charge in [-0.3, -0.25) is 0 Å². The van der Waals surface area contributed by atoms with Gasteiger partial charge in [0, 0.05) is 18.8 Å². The molecule has 20 heavy (non-hydrogen) atoms. The molecule has 0 fully saturated rings. The molecule has 0 saturated heterocycles. The number of anilines is 1. The summed E-state index contributed by atoms with van der Waals surface area (Å²) >= 11 is 0. The highest BCUT2D eigenvalue weighted by atomic mass is 15.1. The monoisotopic (exact) mass is 268 g/mol. The Bertz CT molecular complexity index is 573. The van der Waals surface area contributed by atoms with Gasteiger partial charge in [0.15, 0.2) is 0 Å². The zero-order valence-corrected chi connectivity index (χ0v) is 12.9. The van der Waals surface area contributed by atoms with Crippen molar-refractivity contribution in [3.05, 3.63) is 64.7 Å². The van der Waals surface area contributed by atoms with E-state index in [9.17, 15) is 0 Å². The second kappa shape index (κ2) is 6.58. The van der Waals surface area contributed by atoms with Gasteiger partial charge in [-0.25, -0.2) is 0 Å². The second-order valence-electron chi connectivity index (χ2n) is 5.61. The summed E-state index contributed by atoms with van der Waals surface area (Å²) in [6.07, 6.45) is 0. The lowest BCUT2D eigenvalue weighted by Gasteiger charge is -2.16. The number of rotatable bonds is 5. The van der Waals surface area contributed by atoms with Gasteiger partial charge >= 0.3 is 0 Å². The Morgan fingerprint density at radius 2 is 1.60 bits per heavy atom. The fourth-order valence-electron chi connectivity index (χ4n) is 2.37. The third kappa shape index (κ3) is 3.61. The first kappa shape index (κ1) is 14.6. The molecule has 2 aromatic rings. The molecule has 0 atom stereocenters. The number of nitrogens with zero attached hydrogens (tertiary/aromatic N) is 1. The highest BCUT2D eigenvalue weighted by Gasteiger charge is 2.04. The van der Waals surface area contributed by atoms with Crippen LogP contribution in [0.3, 0.4) is 0 Å². The molecule has 0 amide bonds. The van der Waals surface area contributed by atoms with Crippen molar-refractivity contribution in [1.29, 1.82) is 0 Å². The molecule has 0 bridgehead atoms. The summed E-state index contributed by atoms with van der Waals surface area (Å²) in [6, 6.07) is 15.0. The van der Waals surface area contributed by atoms with Gasteiger partial charge in [0.05, 0.1) is 0 Å². The first-order chi connectivity index (χ1) is 9.58. The summed E-state index contributed by atoms with van der Waals surface area (Å²) in [6.45, 7) is 6.19. The van der Waals surface area contributed by atoms with Crippen molar-refractivity contribution in [2.45, 2.75) is 26.9 Å². The van der Waals surface area contributed by atoms with Crippen LogP contribution < -0.4 is 5.32 Å². The minimum atomic E-state index is 0.873. The van der Waals surface area contributed by atoms with Crippen molar-refractivity contribution in [3.63, 3.8) is 0 Å². The minimum Gasteiger partial charge on any atom is -0.381 e. The Labute approximate surface area is 122 Å². The highest BCUT2D eigenvalue weighted by Crippen LogP contribution is 2.19. The van der Waals surface area contributed by atoms with E-state index in [1.54, 1.807) is 0 Å². The minimum absolute atomic E-state index is 0.873. The number of benzene rings is 2. The van der Waals surface area contributed by atoms with E-state index in [4.69, 9.17) is 0 Å². The third-order valence-electron chi connectivity index (χ3n) is 3.69. The molecule has 2 rings (SSSR count). The summed E-state index contributed by atoms with van der Waals surface area (Å²) in [5.41, 5.74) is 6.66. The third-order valence-corrected chi connectivity index (χ3v) is 3.69. The maximum absolute atomic E-state index is 3.58. The lowest BCUT2D eigenvalue weighted by Crippen LogP contribution is -2.13. The first-order valence-corrected chi connectivity index (χ1v) is 7.09. The number of hydrogen-bond acceptors (Lipinski definition) is 2. The summed E-state index contributed by atoms with van der Waals surface area (Å²) < 4.78 is 0. The molecule has 2 aromatic carbocycles. The molecule has 2 nitrogen and oxygen atoms in total. The molecule has 106 valence electrons. The first-order valence-electron chi connectivity index (χ1n) is 7.09. The van der Waals surface area contributed by atoms with Crippen molar-refractivity contribution in [2.24, 2.45) is 0 Å². The highest BCUT2D eigenvalue weighted by molar-refractivity contribution is 5.52. The molecule has 0 aromatic heterocycles. The Morgan fingerprint density at radius 1 is 0.900 bits per heavy atom. The fourth-order valence-corrected chi connectivity index (χ4v) is 2.37. The predicted molar refractivity (Wildman–Crippen MR) is 87.1 cm³/mol. The molecule has 0 aliphatic heterocycles. The second-order valence-corrected chi connectivity index (χ2v) is 5.61. The fraction of sp³-hybridized carbons (Fsp3) is 0.333. The van der Waals surface area contributed by atoms with E-state index < -0.39 is 0 Å². The van der Waals surface area contributed by atoms with Crippen molar-refractivity contribution >= 4 is 5.69 Å². The van der Waals surface area contributed by atoms with Crippen LogP contribution in [0.25, 0.3) is 0 Å². The van der Waals surface area contributed by atoms with Crippen molar-refractivity contribution in [3.8, 4) is 0 Å². The van der Waals surface area contributed by atoms with Crippen molar-refractivity contribution < 1.29 is 0 Å². The molecule has 0 saturated carbocycles. The zero-order chi connectivity index (χ0) is 14.5. The summed E-state index contributed by atoms with van der Waals surface area (Å²) in [7, 11) is 4.20. The molecule has 1 N–H and O–H groups in total. The van der Waals surface area contributed by atoms with Gasteiger partial charge < -0.3 is 10.2 Å². The topological polar surface area (TPSA) is 15.3 Å². The van der Waals surface area contributed by atoms with Crippen LogP contribution in [-0.4, -0.2) is 19.0 Å². The largest absolute Gasteiger partial charge is 0.381 e. The van der Waals surface area contributed by atoms with Gasteiger partial charge in [0.2, 0.25) is 0 Å². The Kier molecular flexibility index (Phi) is 4.80. The molecule has 0 aliphatic carbocycles. The van der Waals surface area contributed by atoms with Gasteiger partial charge in [0.25, 0.3) is 0 Å².